The van der Waals surface area contributed by atoms with Crippen LogP contribution in [0.25, 0.3) is 0 Å². The van der Waals surface area contributed by atoms with Gasteiger partial charge in [-0.15, -0.1) is 0 Å². The van der Waals surface area contributed by atoms with E-state index in [1.165, 1.54) is 11.1 Å². The number of hydrogen-bond acceptors (Lipinski definition) is 5. The molecule has 1 aliphatic heterocycles. The first-order chi connectivity index (χ1) is 10.2. The second kappa shape index (κ2) is 6.36. The summed E-state index contributed by atoms with van der Waals surface area (Å²) in [7, 11) is 0. The Labute approximate surface area is 137 Å². The quantitative estimate of drug-likeness (QED) is 0.794. The molecule has 1 saturated heterocycles. The maximum Gasteiger partial charge on any atom is 0.410 e. The van der Waals surface area contributed by atoms with Crippen molar-refractivity contribution < 1.29 is 18.7 Å². The van der Waals surface area contributed by atoms with Crippen LogP contribution in [0.3, 0.4) is 0 Å². The van der Waals surface area contributed by atoms with Crippen molar-refractivity contribution in [3.8, 4) is 5.88 Å². The Hall–Kier alpha value is -1.44. The minimum atomic E-state index is -1.29. The Morgan fingerprint density at radius 1 is 1.45 bits per heavy atom. The second-order valence-corrected chi connectivity index (χ2v) is 6.95. The van der Waals surface area contributed by atoms with E-state index in [9.17, 15) is 9.18 Å². The van der Waals surface area contributed by atoms with Gasteiger partial charge in [0.25, 0.3) is 0 Å². The number of carbonyl (C=O) groups is 1. The first-order valence-corrected chi connectivity index (χ1v) is 7.73. The van der Waals surface area contributed by atoms with E-state index in [1.54, 1.807) is 27.7 Å². The summed E-state index contributed by atoms with van der Waals surface area (Å²) in [4.78, 5) is 21.5. The molecule has 1 aliphatic rings. The van der Waals surface area contributed by atoms with Crippen LogP contribution in [0.1, 0.15) is 26.5 Å². The molecule has 2 unspecified atom stereocenters. The number of rotatable bonds is 2. The molecule has 0 radical (unpaired) electrons. The van der Waals surface area contributed by atoms with E-state index in [4.69, 9.17) is 9.47 Å². The summed E-state index contributed by atoms with van der Waals surface area (Å²) >= 11 is 3.20. The summed E-state index contributed by atoms with van der Waals surface area (Å²) in [5, 5.41) is 0. The van der Waals surface area contributed by atoms with E-state index in [0.29, 0.717) is 10.3 Å². The van der Waals surface area contributed by atoms with Gasteiger partial charge in [-0.2, -0.15) is 0 Å². The highest BCUT2D eigenvalue weighted by Gasteiger charge is 2.39. The van der Waals surface area contributed by atoms with Gasteiger partial charge in [0.15, 0.2) is 12.3 Å². The SMILES string of the molecule is Cc1nc(Br)cnc1OC1CN(C(=O)OC(C)(C)C)CC1F. The monoisotopic (exact) mass is 375 g/mol. The maximum absolute atomic E-state index is 14.1. The first kappa shape index (κ1) is 16.9. The van der Waals surface area contributed by atoms with E-state index in [0.717, 1.165) is 0 Å². The smallest absolute Gasteiger partial charge is 0.410 e. The minimum absolute atomic E-state index is 0.0530. The van der Waals surface area contributed by atoms with E-state index >= 15 is 0 Å². The van der Waals surface area contributed by atoms with Crippen LogP contribution in [-0.4, -0.2) is 51.9 Å². The zero-order valence-electron chi connectivity index (χ0n) is 13.0. The number of carbonyl (C=O) groups excluding carboxylic acids is 1. The first-order valence-electron chi connectivity index (χ1n) is 6.93. The van der Waals surface area contributed by atoms with E-state index in [1.807, 2.05) is 0 Å². The number of hydrogen-bond donors (Lipinski definition) is 0. The number of alkyl halides is 1. The van der Waals surface area contributed by atoms with Crippen molar-refractivity contribution in [3.63, 3.8) is 0 Å². The summed E-state index contributed by atoms with van der Waals surface area (Å²) in [6, 6.07) is 0. The molecule has 1 aromatic rings. The third kappa shape index (κ3) is 4.28. The Balaban J connectivity index is 2.00. The van der Waals surface area contributed by atoms with Gasteiger partial charge in [-0.05, 0) is 43.6 Å². The van der Waals surface area contributed by atoms with Gasteiger partial charge in [0.2, 0.25) is 5.88 Å². The Bertz CT molecular complexity index is 565. The lowest BCUT2D eigenvalue weighted by Crippen LogP contribution is -2.36. The average molecular weight is 376 g/mol. The van der Waals surface area contributed by atoms with Crippen LogP contribution in [-0.2, 0) is 4.74 Å². The molecule has 122 valence electrons. The van der Waals surface area contributed by atoms with Gasteiger partial charge in [-0.1, -0.05) is 0 Å². The van der Waals surface area contributed by atoms with Crippen molar-refractivity contribution in [3.05, 3.63) is 16.5 Å². The molecule has 2 heterocycles. The van der Waals surface area contributed by atoms with Crippen LogP contribution in [0, 0.1) is 6.92 Å². The molecule has 8 heteroatoms. The fourth-order valence-electron chi connectivity index (χ4n) is 2.02. The van der Waals surface area contributed by atoms with Gasteiger partial charge in [-0.3, -0.25) is 0 Å². The van der Waals surface area contributed by atoms with E-state index in [-0.39, 0.29) is 19.0 Å². The highest BCUT2D eigenvalue weighted by Crippen LogP contribution is 2.23. The predicted molar refractivity (Wildman–Crippen MR) is 81.6 cm³/mol. The van der Waals surface area contributed by atoms with Crippen molar-refractivity contribution in [1.82, 2.24) is 14.9 Å². The van der Waals surface area contributed by atoms with Crippen molar-refractivity contribution in [1.29, 1.82) is 0 Å². The standard InChI is InChI=1S/C14H19BrFN3O3/c1-8-12(17-5-11(15)18-8)21-10-7-19(6-9(10)16)13(20)22-14(2,3)4/h5,9-10H,6-7H2,1-4H3. The molecule has 2 rings (SSSR count). The Morgan fingerprint density at radius 3 is 2.73 bits per heavy atom. The minimum Gasteiger partial charge on any atom is -0.468 e. The van der Waals surface area contributed by atoms with Gasteiger partial charge in [0.05, 0.1) is 19.3 Å². The number of amides is 1. The molecule has 2 atom stereocenters. The number of nitrogens with zero attached hydrogens (tertiary/aromatic N) is 3. The number of halogens is 2. The Morgan fingerprint density at radius 2 is 2.14 bits per heavy atom. The highest BCUT2D eigenvalue weighted by atomic mass is 79.9. The van der Waals surface area contributed by atoms with E-state index in [2.05, 4.69) is 25.9 Å². The molecule has 0 bridgehead atoms. The van der Waals surface area contributed by atoms with Crippen LogP contribution in [0.2, 0.25) is 0 Å². The lowest BCUT2D eigenvalue weighted by molar-refractivity contribution is 0.0273. The van der Waals surface area contributed by atoms with Crippen LogP contribution in [0.4, 0.5) is 9.18 Å². The molecule has 1 amide bonds. The summed E-state index contributed by atoms with van der Waals surface area (Å²) in [6.45, 7) is 7.09. The predicted octanol–water partition coefficient (Wildman–Crippen LogP) is 2.88. The molecule has 1 fully saturated rings. The largest absolute Gasteiger partial charge is 0.468 e. The molecule has 1 aromatic heterocycles. The van der Waals surface area contributed by atoms with Crippen LogP contribution >= 0.6 is 15.9 Å². The number of aromatic nitrogens is 2. The zero-order valence-corrected chi connectivity index (χ0v) is 14.6. The van der Waals surface area contributed by atoms with Crippen LogP contribution < -0.4 is 4.74 Å². The van der Waals surface area contributed by atoms with Crippen LogP contribution in [0.15, 0.2) is 10.8 Å². The van der Waals surface area contributed by atoms with Gasteiger partial charge in [-0.25, -0.2) is 19.2 Å². The molecule has 0 spiro atoms. The molecule has 0 N–H and O–H groups in total. The summed E-state index contributed by atoms with van der Waals surface area (Å²) in [6.07, 6.45) is -1.13. The van der Waals surface area contributed by atoms with Crippen molar-refractivity contribution >= 4 is 22.0 Å². The maximum atomic E-state index is 14.1. The van der Waals surface area contributed by atoms with Crippen LogP contribution in [0.5, 0.6) is 5.88 Å². The van der Waals surface area contributed by atoms with Gasteiger partial charge in [0, 0.05) is 0 Å². The number of ether oxygens (including phenoxy) is 2. The summed E-state index contributed by atoms with van der Waals surface area (Å²) in [5.74, 6) is 0.266. The topological polar surface area (TPSA) is 64.6 Å². The third-order valence-electron chi connectivity index (χ3n) is 2.99. The summed E-state index contributed by atoms with van der Waals surface area (Å²) < 4.78 is 25.5. The normalized spacial score (nSPS) is 21.8. The lowest BCUT2D eigenvalue weighted by Gasteiger charge is -2.24. The zero-order chi connectivity index (χ0) is 16.5. The van der Waals surface area contributed by atoms with Gasteiger partial charge in [0.1, 0.15) is 15.9 Å². The van der Waals surface area contributed by atoms with E-state index < -0.39 is 24.0 Å². The second-order valence-electron chi connectivity index (χ2n) is 6.14. The van der Waals surface area contributed by atoms with Crippen molar-refractivity contribution in [2.24, 2.45) is 0 Å². The highest BCUT2D eigenvalue weighted by molar-refractivity contribution is 9.10. The Kier molecular flexibility index (Phi) is 4.89. The molecular weight excluding hydrogens is 357 g/mol. The van der Waals surface area contributed by atoms with Gasteiger partial charge < -0.3 is 14.4 Å². The molecule has 6 nitrogen and oxygen atoms in total. The molecule has 22 heavy (non-hydrogen) atoms. The average Bonchev–Trinajstić information content (AvgIpc) is 2.72. The fourth-order valence-corrected chi connectivity index (χ4v) is 2.39. The molecular formula is C14H19BrFN3O3. The number of likely N-dealkylation sites (tertiary alicyclic amines) is 1. The third-order valence-corrected chi connectivity index (χ3v) is 3.37. The van der Waals surface area contributed by atoms with Crippen molar-refractivity contribution in [2.75, 3.05) is 13.1 Å². The van der Waals surface area contributed by atoms with Gasteiger partial charge >= 0.3 is 6.09 Å². The molecule has 0 aliphatic carbocycles. The fraction of sp³-hybridized carbons (Fsp3) is 0.643. The van der Waals surface area contributed by atoms with Crippen molar-refractivity contribution in [2.45, 2.75) is 45.6 Å². The number of aryl methyl sites for hydroxylation is 1. The molecule has 0 aromatic carbocycles. The summed E-state index contributed by atoms with van der Waals surface area (Å²) in [5.41, 5.74) is -0.0624. The molecule has 0 saturated carbocycles. The lowest BCUT2D eigenvalue weighted by atomic mass is 10.2.